The first kappa shape index (κ1) is 18.5. The van der Waals surface area contributed by atoms with Crippen LogP contribution in [0.15, 0.2) is 72.1 Å². The van der Waals surface area contributed by atoms with Crippen molar-refractivity contribution in [3.63, 3.8) is 0 Å². The van der Waals surface area contributed by atoms with E-state index in [1.54, 1.807) is 28.7 Å². The van der Waals surface area contributed by atoms with Gasteiger partial charge >= 0.3 is 0 Å². The van der Waals surface area contributed by atoms with E-state index in [2.05, 4.69) is 23.5 Å². The molecule has 5 rings (SSSR count). The number of hydrogen-bond acceptors (Lipinski definition) is 5. The number of thiophene rings is 2. The topological polar surface area (TPSA) is 79.0 Å². The fourth-order valence-corrected chi connectivity index (χ4v) is 5.36. The Labute approximate surface area is 181 Å². The lowest BCUT2D eigenvalue weighted by molar-refractivity contribution is 0.102. The molecule has 1 amide bonds. The van der Waals surface area contributed by atoms with Crippen molar-refractivity contribution in [2.24, 2.45) is 0 Å². The fraction of sp³-hybridized carbons (Fsp3) is 0. The maximum atomic E-state index is 13.0. The summed E-state index contributed by atoms with van der Waals surface area (Å²) in [5.41, 5.74) is 9.37. The number of carbonyl (C=O) groups is 1. The second-order valence-corrected chi connectivity index (χ2v) is 8.98. The summed E-state index contributed by atoms with van der Waals surface area (Å²) in [6, 6.07) is 21.6. The molecule has 0 bridgehead atoms. The number of rotatable bonds is 4. The van der Waals surface area contributed by atoms with Gasteiger partial charge in [0.1, 0.15) is 0 Å². The van der Waals surface area contributed by atoms with Crippen molar-refractivity contribution in [2.75, 3.05) is 11.1 Å². The van der Waals surface area contributed by atoms with Crippen LogP contribution >= 0.6 is 22.7 Å². The lowest BCUT2D eigenvalue weighted by Gasteiger charge is -2.11. The number of benzene rings is 3. The van der Waals surface area contributed by atoms with E-state index in [4.69, 9.17) is 11.1 Å². The number of hydrogen-bond donors (Lipinski definition) is 3. The Kier molecular flexibility index (Phi) is 4.58. The first-order valence-corrected chi connectivity index (χ1v) is 11.0. The predicted molar refractivity (Wildman–Crippen MR) is 129 cm³/mol. The second kappa shape index (κ2) is 7.40. The number of anilines is 2. The van der Waals surface area contributed by atoms with E-state index >= 15 is 0 Å². The fourth-order valence-electron chi connectivity index (χ4n) is 3.49. The van der Waals surface area contributed by atoms with Crippen LogP contribution in [0.2, 0.25) is 0 Å². The molecule has 0 aliphatic heterocycles. The highest BCUT2D eigenvalue weighted by molar-refractivity contribution is 7.22. The van der Waals surface area contributed by atoms with Crippen molar-refractivity contribution in [2.45, 2.75) is 0 Å². The van der Waals surface area contributed by atoms with Crippen molar-refractivity contribution in [3.05, 3.63) is 83.2 Å². The summed E-state index contributed by atoms with van der Waals surface area (Å²) in [7, 11) is 0. The van der Waals surface area contributed by atoms with Gasteiger partial charge in [-0.2, -0.15) is 0 Å². The molecule has 5 aromatic rings. The molecule has 0 aliphatic rings. The predicted octanol–water partition coefficient (Wildman–Crippen LogP) is 6.62. The van der Waals surface area contributed by atoms with E-state index < -0.39 is 0 Å². The van der Waals surface area contributed by atoms with E-state index in [1.165, 1.54) is 10.9 Å². The SMILES string of the molecule is N=Cc1cc(C(=O)Nc2ccc3sccc3c2)cc(-c2cc3ccccc3s2)c1N. The maximum Gasteiger partial charge on any atom is 0.255 e. The van der Waals surface area contributed by atoms with Crippen LogP contribution in [0.25, 0.3) is 30.6 Å². The summed E-state index contributed by atoms with van der Waals surface area (Å²) in [4.78, 5) is 14.0. The Morgan fingerprint density at radius 1 is 0.967 bits per heavy atom. The van der Waals surface area contributed by atoms with Crippen LogP contribution in [0, 0.1) is 5.41 Å². The molecule has 0 atom stereocenters. The minimum Gasteiger partial charge on any atom is -0.398 e. The third-order valence-electron chi connectivity index (χ3n) is 5.03. The van der Waals surface area contributed by atoms with E-state index in [9.17, 15) is 4.79 Å². The van der Waals surface area contributed by atoms with E-state index in [1.807, 2.05) is 47.8 Å². The van der Waals surface area contributed by atoms with Gasteiger partial charge in [0, 0.05) is 48.6 Å². The monoisotopic (exact) mass is 427 g/mol. The first-order valence-electron chi connectivity index (χ1n) is 9.34. The van der Waals surface area contributed by atoms with Crippen LogP contribution in [0.1, 0.15) is 15.9 Å². The molecule has 30 heavy (non-hydrogen) atoms. The Balaban J connectivity index is 1.55. The zero-order chi connectivity index (χ0) is 20.7. The summed E-state index contributed by atoms with van der Waals surface area (Å²) in [5.74, 6) is -0.227. The molecule has 0 aliphatic carbocycles. The average Bonchev–Trinajstić information content (AvgIpc) is 3.40. The van der Waals surface area contributed by atoms with Gasteiger partial charge in [-0.15, -0.1) is 22.7 Å². The molecule has 146 valence electrons. The number of carbonyl (C=O) groups excluding carboxylic acids is 1. The molecule has 0 saturated carbocycles. The molecule has 2 heterocycles. The lowest BCUT2D eigenvalue weighted by Crippen LogP contribution is -2.13. The second-order valence-electron chi connectivity index (χ2n) is 6.95. The van der Waals surface area contributed by atoms with Crippen molar-refractivity contribution in [3.8, 4) is 10.4 Å². The third-order valence-corrected chi connectivity index (χ3v) is 7.08. The van der Waals surface area contributed by atoms with Crippen molar-refractivity contribution >= 4 is 66.3 Å². The Bertz CT molecular complexity index is 1400. The normalized spacial score (nSPS) is 11.1. The lowest BCUT2D eigenvalue weighted by atomic mass is 10.0. The minimum absolute atomic E-state index is 0.227. The van der Waals surface area contributed by atoms with Crippen LogP contribution in [0.4, 0.5) is 11.4 Å². The van der Waals surface area contributed by atoms with Gasteiger partial charge in [0.25, 0.3) is 5.91 Å². The first-order chi connectivity index (χ1) is 14.6. The molecule has 0 unspecified atom stereocenters. The van der Waals surface area contributed by atoms with E-state index in [0.717, 1.165) is 31.6 Å². The molecular weight excluding hydrogens is 410 g/mol. The average molecular weight is 428 g/mol. The van der Waals surface area contributed by atoms with Gasteiger partial charge in [-0.25, -0.2) is 0 Å². The Morgan fingerprint density at radius 2 is 1.80 bits per heavy atom. The summed E-state index contributed by atoms with van der Waals surface area (Å²) in [6.45, 7) is 0. The van der Waals surface area contributed by atoms with Crippen LogP contribution < -0.4 is 11.1 Å². The quantitative estimate of drug-likeness (QED) is 0.223. The molecule has 0 saturated heterocycles. The Hall–Kier alpha value is -3.48. The van der Waals surface area contributed by atoms with Crippen LogP contribution in [-0.4, -0.2) is 12.1 Å². The molecule has 6 heteroatoms. The highest BCUT2D eigenvalue weighted by Gasteiger charge is 2.16. The van der Waals surface area contributed by atoms with Gasteiger partial charge in [0.05, 0.1) is 0 Å². The summed E-state index contributed by atoms with van der Waals surface area (Å²) < 4.78 is 2.33. The summed E-state index contributed by atoms with van der Waals surface area (Å²) in [6.07, 6.45) is 1.19. The van der Waals surface area contributed by atoms with Gasteiger partial charge in [-0.05, 0) is 64.7 Å². The van der Waals surface area contributed by atoms with E-state index in [0.29, 0.717) is 16.8 Å². The molecule has 0 spiro atoms. The molecule has 0 radical (unpaired) electrons. The van der Waals surface area contributed by atoms with Gasteiger partial charge < -0.3 is 16.5 Å². The van der Waals surface area contributed by atoms with Gasteiger partial charge in [-0.1, -0.05) is 18.2 Å². The Morgan fingerprint density at radius 3 is 2.63 bits per heavy atom. The summed E-state index contributed by atoms with van der Waals surface area (Å²) >= 11 is 3.29. The highest BCUT2D eigenvalue weighted by Crippen LogP contribution is 2.38. The molecule has 4 nitrogen and oxygen atoms in total. The molecule has 2 aromatic heterocycles. The number of fused-ring (bicyclic) bond motifs is 2. The van der Waals surface area contributed by atoms with Crippen LogP contribution in [-0.2, 0) is 0 Å². The highest BCUT2D eigenvalue weighted by atomic mass is 32.1. The largest absolute Gasteiger partial charge is 0.398 e. The zero-order valence-corrected chi connectivity index (χ0v) is 17.4. The van der Waals surface area contributed by atoms with Gasteiger partial charge in [-0.3, -0.25) is 4.79 Å². The van der Waals surface area contributed by atoms with Crippen molar-refractivity contribution < 1.29 is 4.79 Å². The van der Waals surface area contributed by atoms with E-state index in [-0.39, 0.29) is 5.91 Å². The third kappa shape index (κ3) is 3.26. The number of amides is 1. The smallest absolute Gasteiger partial charge is 0.255 e. The molecule has 3 aromatic carbocycles. The van der Waals surface area contributed by atoms with Gasteiger partial charge in [0.15, 0.2) is 0 Å². The number of nitrogen functional groups attached to an aromatic ring is 1. The van der Waals surface area contributed by atoms with Crippen LogP contribution in [0.3, 0.4) is 0 Å². The summed E-state index contributed by atoms with van der Waals surface area (Å²) in [5, 5.41) is 15.0. The number of nitrogens with two attached hydrogens (primary N) is 1. The maximum absolute atomic E-state index is 13.0. The number of nitrogens with one attached hydrogen (secondary N) is 2. The standard InChI is InChI=1S/C24H17N3OS2/c25-13-17-9-16(24(28)27-18-5-6-20-15(10-18)7-8-29-20)11-19(23(17)26)22-12-14-3-1-2-4-21(14)30-22/h1-13,25H,26H2,(H,27,28). The minimum atomic E-state index is -0.227. The van der Waals surface area contributed by atoms with Gasteiger partial charge in [0.2, 0.25) is 0 Å². The molecule has 4 N–H and O–H groups in total. The van der Waals surface area contributed by atoms with Crippen molar-refractivity contribution in [1.82, 2.24) is 0 Å². The van der Waals surface area contributed by atoms with Crippen LogP contribution in [0.5, 0.6) is 0 Å². The van der Waals surface area contributed by atoms with Crippen molar-refractivity contribution in [1.29, 1.82) is 5.41 Å². The molecule has 0 fully saturated rings. The zero-order valence-electron chi connectivity index (χ0n) is 15.8. The molecular formula is C24H17N3OS2.